The highest BCUT2D eigenvalue weighted by molar-refractivity contribution is 5.87. The first-order chi connectivity index (χ1) is 8.52. The molecule has 1 aromatic carbocycles. The van der Waals surface area contributed by atoms with Crippen LogP contribution in [-0.4, -0.2) is 28.2 Å². The Kier molecular flexibility index (Phi) is 3.06. The van der Waals surface area contributed by atoms with Crippen molar-refractivity contribution in [3.05, 3.63) is 35.2 Å². The summed E-state index contributed by atoms with van der Waals surface area (Å²) in [4.78, 5) is 18.0. The van der Waals surface area contributed by atoms with E-state index in [1.54, 1.807) is 14.0 Å². The number of aromatic carboxylic acids is 1. The van der Waals surface area contributed by atoms with E-state index in [1.807, 2.05) is 25.1 Å². The fourth-order valence-corrected chi connectivity index (χ4v) is 1.83. The maximum Gasteiger partial charge on any atom is 0.356 e. The summed E-state index contributed by atoms with van der Waals surface area (Å²) in [6.07, 6.45) is 0. The molecular weight excluding hydrogens is 232 g/mol. The fourth-order valence-electron chi connectivity index (χ4n) is 1.83. The first-order valence-electron chi connectivity index (χ1n) is 5.48. The van der Waals surface area contributed by atoms with E-state index in [9.17, 15) is 4.79 Å². The van der Waals surface area contributed by atoms with Crippen LogP contribution in [0.1, 0.15) is 21.7 Å². The molecule has 0 saturated heterocycles. The van der Waals surface area contributed by atoms with Crippen LogP contribution in [0.2, 0.25) is 0 Å². The molecule has 2 aromatic rings. The lowest BCUT2D eigenvalue weighted by Crippen LogP contribution is -1.98. The van der Waals surface area contributed by atoms with Gasteiger partial charge in [0.15, 0.2) is 5.69 Å². The van der Waals surface area contributed by atoms with E-state index < -0.39 is 5.97 Å². The van der Waals surface area contributed by atoms with E-state index in [0.29, 0.717) is 11.5 Å². The largest absolute Gasteiger partial charge is 0.496 e. The van der Waals surface area contributed by atoms with Crippen molar-refractivity contribution in [3.8, 4) is 17.1 Å². The number of benzene rings is 1. The average Bonchev–Trinajstić information content (AvgIpc) is 2.71. The molecular formula is C13H14N2O3. The Morgan fingerprint density at radius 2 is 2.11 bits per heavy atom. The van der Waals surface area contributed by atoms with E-state index in [0.717, 1.165) is 16.9 Å². The van der Waals surface area contributed by atoms with Crippen LogP contribution in [0, 0.1) is 13.8 Å². The third-order valence-electron chi connectivity index (χ3n) is 2.76. The van der Waals surface area contributed by atoms with Gasteiger partial charge in [0.2, 0.25) is 0 Å². The molecule has 0 aliphatic rings. The van der Waals surface area contributed by atoms with E-state index in [4.69, 9.17) is 9.84 Å². The summed E-state index contributed by atoms with van der Waals surface area (Å²) in [5.74, 6) is 0.316. The van der Waals surface area contributed by atoms with Crippen LogP contribution in [0.15, 0.2) is 18.2 Å². The maximum atomic E-state index is 10.9. The van der Waals surface area contributed by atoms with Crippen LogP contribution < -0.4 is 4.74 Å². The Morgan fingerprint density at radius 1 is 1.39 bits per heavy atom. The van der Waals surface area contributed by atoms with Gasteiger partial charge in [0.1, 0.15) is 11.6 Å². The molecule has 0 fully saturated rings. The zero-order chi connectivity index (χ0) is 13.3. The molecule has 0 amide bonds. The molecule has 1 aromatic heterocycles. The molecule has 18 heavy (non-hydrogen) atoms. The van der Waals surface area contributed by atoms with Crippen LogP contribution in [0.3, 0.4) is 0 Å². The molecule has 2 N–H and O–H groups in total. The van der Waals surface area contributed by atoms with Crippen LogP contribution in [0.4, 0.5) is 0 Å². The van der Waals surface area contributed by atoms with Gasteiger partial charge in [-0.1, -0.05) is 0 Å². The Balaban J connectivity index is 2.46. The lowest BCUT2D eigenvalue weighted by atomic mass is 10.1. The van der Waals surface area contributed by atoms with Gasteiger partial charge in [-0.05, 0) is 37.6 Å². The molecule has 0 aliphatic carbocycles. The molecule has 0 saturated carbocycles. The number of carbonyl (C=O) groups is 1. The first-order valence-corrected chi connectivity index (χ1v) is 5.48. The van der Waals surface area contributed by atoms with Gasteiger partial charge in [-0.25, -0.2) is 9.78 Å². The average molecular weight is 246 g/mol. The van der Waals surface area contributed by atoms with Crippen LogP contribution >= 0.6 is 0 Å². The number of rotatable bonds is 3. The smallest absolute Gasteiger partial charge is 0.356 e. The van der Waals surface area contributed by atoms with Crippen LogP contribution in [0.5, 0.6) is 5.75 Å². The summed E-state index contributed by atoms with van der Waals surface area (Å²) < 4.78 is 5.18. The van der Waals surface area contributed by atoms with Crippen molar-refractivity contribution < 1.29 is 14.6 Å². The summed E-state index contributed by atoms with van der Waals surface area (Å²) in [6, 6.07) is 5.58. The Bertz CT molecular complexity index is 602. The van der Waals surface area contributed by atoms with Gasteiger partial charge in [0.05, 0.1) is 7.11 Å². The van der Waals surface area contributed by atoms with Gasteiger partial charge in [-0.3, -0.25) is 0 Å². The van der Waals surface area contributed by atoms with Crippen molar-refractivity contribution in [2.24, 2.45) is 0 Å². The number of carboxylic acid groups (broad SMARTS) is 1. The Morgan fingerprint density at radius 3 is 2.61 bits per heavy atom. The second-order valence-electron chi connectivity index (χ2n) is 4.05. The van der Waals surface area contributed by atoms with Crippen LogP contribution in [0.25, 0.3) is 11.4 Å². The third kappa shape index (κ3) is 2.07. The number of aromatic amines is 1. The van der Waals surface area contributed by atoms with Gasteiger partial charge in [-0.15, -0.1) is 0 Å². The third-order valence-corrected chi connectivity index (χ3v) is 2.76. The fraction of sp³-hybridized carbons (Fsp3) is 0.231. The number of methoxy groups -OCH3 is 1. The predicted octanol–water partition coefficient (Wildman–Crippen LogP) is 2.40. The Hall–Kier alpha value is -2.30. The number of carboxylic acids is 1. The monoisotopic (exact) mass is 246 g/mol. The first kappa shape index (κ1) is 12.2. The number of aryl methyl sites for hydroxylation is 2. The molecule has 0 radical (unpaired) electrons. The number of hydrogen-bond donors (Lipinski definition) is 2. The molecule has 5 nitrogen and oxygen atoms in total. The van der Waals surface area contributed by atoms with Gasteiger partial charge < -0.3 is 14.8 Å². The summed E-state index contributed by atoms with van der Waals surface area (Å²) in [6.45, 7) is 3.62. The van der Waals surface area contributed by atoms with E-state index in [2.05, 4.69) is 9.97 Å². The number of aromatic nitrogens is 2. The second-order valence-corrected chi connectivity index (χ2v) is 4.05. The van der Waals surface area contributed by atoms with E-state index in [-0.39, 0.29) is 5.69 Å². The summed E-state index contributed by atoms with van der Waals surface area (Å²) in [5.41, 5.74) is 2.41. The van der Waals surface area contributed by atoms with E-state index in [1.165, 1.54) is 0 Å². The van der Waals surface area contributed by atoms with Gasteiger partial charge in [0, 0.05) is 11.3 Å². The molecule has 1 heterocycles. The van der Waals surface area contributed by atoms with Crippen molar-refractivity contribution in [2.45, 2.75) is 13.8 Å². The molecule has 0 bridgehead atoms. The highest BCUT2D eigenvalue weighted by atomic mass is 16.5. The number of ether oxygens (including phenoxy) is 1. The van der Waals surface area contributed by atoms with Crippen molar-refractivity contribution in [1.82, 2.24) is 9.97 Å². The highest BCUT2D eigenvalue weighted by Crippen LogP contribution is 2.25. The number of hydrogen-bond acceptors (Lipinski definition) is 3. The van der Waals surface area contributed by atoms with Crippen molar-refractivity contribution >= 4 is 5.97 Å². The minimum Gasteiger partial charge on any atom is -0.496 e. The second kappa shape index (κ2) is 4.52. The molecule has 2 rings (SSSR count). The van der Waals surface area contributed by atoms with Gasteiger partial charge in [-0.2, -0.15) is 0 Å². The van der Waals surface area contributed by atoms with Crippen molar-refractivity contribution in [2.75, 3.05) is 7.11 Å². The van der Waals surface area contributed by atoms with Crippen LogP contribution in [-0.2, 0) is 0 Å². The zero-order valence-electron chi connectivity index (χ0n) is 10.4. The zero-order valence-corrected chi connectivity index (χ0v) is 10.4. The Labute approximate surface area is 104 Å². The van der Waals surface area contributed by atoms with Crippen molar-refractivity contribution in [1.29, 1.82) is 0 Å². The lowest BCUT2D eigenvalue weighted by Gasteiger charge is -2.05. The van der Waals surface area contributed by atoms with E-state index >= 15 is 0 Å². The van der Waals surface area contributed by atoms with Gasteiger partial charge >= 0.3 is 5.97 Å². The summed E-state index contributed by atoms with van der Waals surface area (Å²) in [7, 11) is 1.61. The number of nitrogens with zero attached hydrogens (tertiary/aromatic N) is 1. The molecule has 0 atom stereocenters. The minimum absolute atomic E-state index is 0.0541. The topological polar surface area (TPSA) is 75.2 Å². The summed E-state index contributed by atoms with van der Waals surface area (Å²) in [5, 5.41) is 8.96. The molecule has 0 aliphatic heterocycles. The SMILES string of the molecule is COc1ccc(-c2nc(C(=O)O)c(C)[nH]2)cc1C. The molecule has 5 heteroatoms. The molecule has 0 spiro atoms. The standard InChI is InChI=1S/C13H14N2O3/c1-7-6-9(4-5-10(7)18-3)12-14-8(2)11(15-12)13(16)17/h4-6H,1-3H3,(H,14,15)(H,16,17). The molecule has 94 valence electrons. The number of imidazole rings is 1. The quantitative estimate of drug-likeness (QED) is 0.872. The maximum absolute atomic E-state index is 10.9. The highest BCUT2D eigenvalue weighted by Gasteiger charge is 2.14. The summed E-state index contributed by atoms with van der Waals surface area (Å²) >= 11 is 0. The number of H-pyrrole nitrogens is 1. The molecule has 0 unspecified atom stereocenters. The predicted molar refractivity (Wildman–Crippen MR) is 67.0 cm³/mol. The number of nitrogens with one attached hydrogen (secondary N) is 1. The van der Waals surface area contributed by atoms with Crippen molar-refractivity contribution in [3.63, 3.8) is 0 Å². The van der Waals surface area contributed by atoms with Gasteiger partial charge in [0.25, 0.3) is 0 Å². The normalized spacial score (nSPS) is 10.4. The lowest BCUT2D eigenvalue weighted by molar-refractivity contribution is 0.0690. The minimum atomic E-state index is -1.03.